The fourth-order valence-electron chi connectivity index (χ4n) is 1.90. The molecule has 0 nitrogen and oxygen atoms in total. The molecule has 59 valence electrons. The second kappa shape index (κ2) is 2.94. The van der Waals surface area contributed by atoms with E-state index in [0.29, 0.717) is 5.41 Å². The van der Waals surface area contributed by atoms with Crippen molar-refractivity contribution in [1.29, 1.82) is 0 Å². The predicted molar refractivity (Wildman–Crippen MR) is 45.8 cm³/mol. The highest BCUT2D eigenvalue weighted by Crippen LogP contribution is 2.44. The van der Waals surface area contributed by atoms with Crippen molar-refractivity contribution >= 4 is 0 Å². The summed E-state index contributed by atoms with van der Waals surface area (Å²) in [5.74, 6) is 1.74. The molecule has 0 saturated heterocycles. The third kappa shape index (κ3) is 1.36. The molecule has 1 atom stereocenters. The van der Waals surface area contributed by atoms with Crippen LogP contribution in [0.15, 0.2) is 0 Å². The minimum atomic E-state index is 0.595. The fraction of sp³-hybridized carbons (Fsp3) is 0.900. The highest BCUT2D eigenvalue weighted by Gasteiger charge is 2.31. The summed E-state index contributed by atoms with van der Waals surface area (Å²) in [6.45, 7) is 7.07. The Labute approximate surface area is 65.0 Å². The van der Waals surface area contributed by atoms with Crippen molar-refractivity contribution in [3.8, 4) is 0 Å². The van der Waals surface area contributed by atoms with Gasteiger partial charge in [0.15, 0.2) is 0 Å². The molecule has 1 fully saturated rings. The van der Waals surface area contributed by atoms with Crippen LogP contribution in [0.3, 0.4) is 0 Å². The summed E-state index contributed by atoms with van der Waals surface area (Å²) in [6.07, 6.45) is 7.02. The maximum absolute atomic E-state index is 2.42. The molecule has 0 aromatic carbocycles. The molecule has 0 N–H and O–H groups in total. The Bertz CT molecular complexity index is 107. The lowest BCUT2D eigenvalue weighted by Crippen LogP contribution is -2.26. The highest BCUT2D eigenvalue weighted by atomic mass is 14.4. The first-order valence-corrected chi connectivity index (χ1v) is 4.52. The minimum absolute atomic E-state index is 0.595. The van der Waals surface area contributed by atoms with Crippen LogP contribution in [0.2, 0.25) is 0 Å². The van der Waals surface area contributed by atoms with Crippen molar-refractivity contribution in [3.05, 3.63) is 5.92 Å². The van der Waals surface area contributed by atoms with Gasteiger partial charge in [0.25, 0.3) is 0 Å². The predicted octanol–water partition coefficient (Wildman–Crippen LogP) is 3.57. The third-order valence-corrected chi connectivity index (χ3v) is 3.34. The first kappa shape index (κ1) is 8.10. The maximum atomic E-state index is 2.42. The van der Waals surface area contributed by atoms with E-state index in [9.17, 15) is 0 Å². The summed E-state index contributed by atoms with van der Waals surface area (Å²) in [6, 6.07) is 0. The lowest BCUT2D eigenvalue weighted by Gasteiger charge is -2.38. The van der Waals surface area contributed by atoms with Crippen molar-refractivity contribution in [1.82, 2.24) is 0 Å². The SMILES string of the molecule is CCC1(C)CCCC[C]1C. The van der Waals surface area contributed by atoms with Gasteiger partial charge in [0.05, 0.1) is 0 Å². The molecule has 0 heteroatoms. The molecule has 1 aliphatic rings. The molecular formula is C10H19. The zero-order valence-corrected chi connectivity index (χ0v) is 7.54. The van der Waals surface area contributed by atoms with E-state index in [1.165, 1.54) is 32.1 Å². The third-order valence-electron chi connectivity index (χ3n) is 3.34. The van der Waals surface area contributed by atoms with E-state index in [2.05, 4.69) is 20.8 Å². The van der Waals surface area contributed by atoms with Crippen LogP contribution in [0.1, 0.15) is 52.9 Å². The van der Waals surface area contributed by atoms with Crippen molar-refractivity contribution in [3.63, 3.8) is 0 Å². The standard InChI is InChI=1S/C10H19/c1-4-10(3)8-6-5-7-9(10)2/h4-8H2,1-3H3. The van der Waals surface area contributed by atoms with Crippen LogP contribution in [0.5, 0.6) is 0 Å². The molecule has 1 aliphatic carbocycles. The van der Waals surface area contributed by atoms with Crippen molar-refractivity contribution in [2.75, 3.05) is 0 Å². The molecule has 0 bridgehead atoms. The van der Waals surface area contributed by atoms with Crippen molar-refractivity contribution < 1.29 is 0 Å². The van der Waals surface area contributed by atoms with Crippen LogP contribution < -0.4 is 0 Å². The number of rotatable bonds is 1. The molecule has 0 aromatic rings. The van der Waals surface area contributed by atoms with Crippen LogP contribution in [0.25, 0.3) is 0 Å². The normalized spacial score (nSPS) is 36.3. The van der Waals surface area contributed by atoms with Crippen molar-refractivity contribution in [2.24, 2.45) is 5.41 Å². The lowest BCUT2D eigenvalue weighted by atomic mass is 9.67. The number of hydrogen-bond donors (Lipinski definition) is 0. The summed E-state index contributed by atoms with van der Waals surface area (Å²) in [5, 5.41) is 0. The maximum Gasteiger partial charge on any atom is -0.0213 e. The zero-order chi connectivity index (χ0) is 7.61. The molecule has 10 heavy (non-hydrogen) atoms. The second-order valence-corrected chi connectivity index (χ2v) is 3.90. The van der Waals surface area contributed by atoms with E-state index < -0.39 is 0 Å². The molecule has 1 radical (unpaired) electrons. The molecule has 1 saturated carbocycles. The fourth-order valence-corrected chi connectivity index (χ4v) is 1.90. The Morgan fingerprint density at radius 2 is 2.10 bits per heavy atom. The van der Waals surface area contributed by atoms with E-state index in [1.54, 1.807) is 5.92 Å². The van der Waals surface area contributed by atoms with Gasteiger partial charge in [0.2, 0.25) is 0 Å². The molecule has 0 spiro atoms. The van der Waals surface area contributed by atoms with E-state index in [1.807, 2.05) is 0 Å². The summed E-state index contributed by atoms with van der Waals surface area (Å²) in [7, 11) is 0. The Morgan fingerprint density at radius 3 is 2.50 bits per heavy atom. The van der Waals surface area contributed by atoms with Gasteiger partial charge < -0.3 is 0 Å². The van der Waals surface area contributed by atoms with Crippen LogP contribution in [0, 0.1) is 11.3 Å². The quantitative estimate of drug-likeness (QED) is 0.521. The topological polar surface area (TPSA) is 0 Å². The Kier molecular flexibility index (Phi) is 2.38. The first-order valence-electron chi connectivity index (χ1n) is 4.52. The van der Waals surface area contributed by atoms with Crippen LogP contribution in [-0.4, -0.2) is 0 Å². The van der Waals surface area contributed by atoms with Gasteiger partial charge in [0, 0.05) is 0 Å². The zero-order valence-electron chi connectivity index (χ0n) is 7.54. The summed E-state index contributed by atoms with van der Waals surface area (Å²) < 4.78 is 0. The second-order valence-electron chi connectivity index (χ2n) is 3.90. The van der Waals surface area contributed by atoms with E-state index in [0.717, 1.165) is 0 Å². The summed E-state index contributed by atoms with van der Waals surface area (Å²) in [5.41, 5.74) is 0.595. The smallest absolute Gasteiger partial charge is 0.0213 e. The largest absolute Gasteiger partial charge is 0.0648 e. The molecule has 1 unspecified atom stereocenters. The first-order chi connectivity index (χ1) is 4.69. The van der Waals surface area contributed by atoms with Crippen molar-refractivity contribution in [2.45, 2.75) is 52.9 Å². The summed E-state index contributed by atoms with van der Waals surface area (Å²) in [4.78, 5) is 0. The molecular weight excluding hydrogens is 120 g/mol. The Balaban J connectivity index is 2.54. The average molecular weight is 139 g/mol. The number of hydrogen-bond acceptors (Lipinski definition) is 0. The van der Waals surface area contributed by atoms with Gasteiger partial charge in [-0.25, -0.2) is 0 Å². The molecule has 0 heterocycles. The van der Waals surface area contributed by atoms with E-state index >= 15 is 0 Å². The molecule has 0 amide bonds. The van der Waals surface area contributed by atoms with Gasteiger partial charge in [-0.05, 0) is 24.2 Å². The molecule has 0 aliphatic heterocycles. The van der Waals surface area contributed by atoms with Crippen LogP contribution >= 0.6 is 0 Å². The summed E-state index contributed by atoms with van der Waals surface area (Å²) >= 11 is 0. The van der Waals surface area contributed by atoms with Gasteiger partial charge >= 0.3 is 0 Å². The Hall–Kier alpha value is 0. The van der Waals surface area contributed by atoms with Gasteiger partial charge in [-0.15, -0.1) is 0 Å². The minimum Gasteiger partial charge on any atom is -0.0648 e. The van der Waals surface area contributed by atoms with E-state index in [4.69, 9.17) is 0 Å². The van der Waals surface area contributed by atoms with Crippen LogP contribution in [-0.2, 0) is 0 Å². The van der Waals surface area contributed by atoms with Gasteiger partial charge in [-0.3, -0.25) is 0 Å². The van der Waals surface area contributed by atoms with Gasteiger partial charge in [-0.1, -0.05) is 40.0 Å². The average Bonchev–Trinajstić information content (AvgIpc) is 1.96. The molecule has 1 rings (SSSR count). The van der Waals surface area contributed by atoms with Gasteiger partial charge in [-0.2, -0.15) is 0 Å². The van der Waals surface area contributed by atoms with E-state index in [-0.39, 0.29) is 0 Å². The van der Waals surface area contributed by atoms with Crippen LogP contribution in [0.4, 0.5) is 0 Å². The molecule has 0 aromatic heterocycles. The Morgan fingerprint density at radius 1 is 1.40 bits per heavy atom. The monoisotopic (exact) mass is 139 g/mol. The highest BCUT2D eigenvalue weighted by molar-refractivity contribution is 5.03. The lowest BCUT2D eigenvalue weighted by molar-refractivity contribution is 0.244. The van der Waals surface area contributed by atoms with Gasteiger partial charge in [0.1, 0.15) is 0 Å².